The van der Waals surface area contributed by atoms with E-state index in [-0.39, 0.29) is 0 Å². The van der Waals surface area contributed by atoms with Crippen LogP contribution < -0.4 is 9.80 Å². The fourth-order valence-electron chi connectivity index (χ4n) is 5.09. The molecule has 6 rings (SSSR count). The zero-order valence-corrected chi connectivity index (χ0v) is 19.8. The predicted octanol–water partition coefficient (Wildman–Crippen LogP) is 4.85. The lowest BCUT2D eigenvalue weighted by atomic mass is 9.96. The van der Waals surface area contributed by atoms with Crippen LogP contribution >= 0.6 is 11.3 Å². The third kappa shape index (κ3) is 4.09. The third-order valence-electron chi connectivity index (χ3n) is 6.75. The Hall–Kier alpha value is -3.54. The van der Waals surface area contributed by atoms with Gasteiger partial charge < -0.3 is 9.80 Å². The second-order valence-electron chi connectivity index (χ2n) is 8.79. The number of benzene rings is 3. The van der Waals surface area contributed by atoms with Crippen molar-refractivity contribution in [3.63, 3.8) is 0 Å². The maximum Gasteiger partial charge on any atom is 0.141 e. The van der Waals surface area contributed by atoms with Crippen molar-refractivity contribution in [1.82, 2.24) is 9.97 Å². The Morgan fingerprint density at radius 3 is 1.94 bits per heavy atom. The molecule has 34 heavy (non-hydrogen) atoms. The minimum atomic E-state index is 0.348. The Morgan fingerprint density at radius 1 is 0.735 bits per heavy atom. The molecule has 3 heterocycles. The first-order chi connectivity index (χ1) is 16.9. The Kier molecular flexibility index (Phi) is 5.79. The molecule has 0 saturated carbocycles. The molecule has 0 unspecified atom stereocenters. The highest BCUT2D eigenvalue weighted by Crippen LogP contribution is 2.36. The molecule has 168 valence electrons. The number of hydrogen-bond donors (Lipinski definition) is 1. The van der Waals surface area contributed by atoms with Crippen molar-refractivity contribution in [2.45, 2.75) is 6.04 Å². The van der Waals surface area contributed by atoms with Crippen molar-refractivity contribution >= 4 is 27.4 Å². The molecule has 0 bridgehead atoms. The second kappa shape index (κ2) is 9.37. The van der Waals surface area contributed by atoms with Crippen molar-refractivity contribution in [3.8, 4) is 10.4 Å². The summed E-state index contributed by atoms with van der Waals surface area (Å²) in [5.74, 6) is 1.07. The Balaban J connectivity index is 1.26. The van der Waals surface area contributed by atoms with Gasteiger partial charge in [-0.05, 0) is 11.6 Å². The van der Waals surface area contributed by atoms with Gasteiger partial charge >= 0.3 is 0 Å². The van der Waals surface area contributed by atoms with E-state index in [0.717, 1.165) is 42.2 Å². The van der Waals surface area contributed by atoms with Gasteiger partial charge in [-0.25, -0.2) is 9.97 Å². The van der Waals surface area contributed by atoms with Gasteiger partial charge in [-0.15, -0.1) is 11.3 Å². The van der Waals surface area contributed by atoms with E-state index >= 15 is 0 Å². The van der Waals surface area contributed by atoms with Crippen LogP contribution in [-0.4, -0.2) is 36.1 Å². The zero-order chi connectivity index (χ0) is 22.7. The number of nitrogens with zero attached hydrogens (tertiary/aromatic N) is 3. The standard InChI is InChI=1S/C29H26N4S/c1-4-10-22(11-5-1)26-20-25-28(30-21-31-29(25)34-26)33-18-16-32(17-19-33)27(23-12-6-2-7-13-23)24-14-8-3-9-15-24/h1-15,20-21,27H,16-19H2/p+1. The van der Waals surface area contributed by atoms with E-state index in [1.165, 1.54) is 21.6 Å². The molecule has 5 aromatic rings. The summed E-state index contributed by atoms with van der Waals surface area (Å²) in [6.07, 6.45) is 1.72. The van der Waals surface area contributed by atoms with Gasteiger partial charge in [0.2, 0.25) is 0 Å². The molecule has 4 nitrogen and oxygen atoms in total. The van der Waals surface area contributed by atoms with Gasteiger partial charge in [0.25, 0.3) is 0 Å². The van der Waals surface area contributed by atoms with Gasteiger partial charge in [0.1, 0.15) is 23.0 Å². The van der Waals surface area contributed by atoms with Crippen LogP contribution in [0.4, 0.5) is 5.82 Å². The molecule has 1 N–H and O–H groups in total. The highest BCUT2D eigenvalue weighted by Gasteiger charge is 2.31. The van der Waals surface area contributed by atoms with Crippen molar-refractivity contribution in [1.29, 1.82) is 0 Å². The van der Waals surface area contributed by atoms with Crippen LogP contribution in [0.1, 0.15) is 17.2 Å². The fraction of sp³-hybridized carbons (Fsp3) is 0.172. The number of aromatic nitrogens is 2. The van der Waals surface area contributed by atoms with E-state index in [1.54, 1.807) is 22.6 Å². The normalized spacial score (nSPS) is 14.7. The van der Waals surface area contributed by atoms with Crippen molar-refractivity contribution < 1.29 is 4.90 Å². The molecule has 0 radical (unpaired) electrons. The summed E-state index contributed by atoms with van der Waals surface area (Å²) >= 11 is 1.75. The van der Waals surface area contributed by atoms with Gasteiger partial charge in [0.15, 0.2) is 0 Å². The molecule has 0 aliphatic carbocycles. The largest absolute Gasteiger partial charge is 0.345 e. The van der Waals surface area contributed by atoms with Crippen LogP contribution in [0.5, 0.6) is 0 Å². The fourth-order valence-corrected chi connectivity index (χ4v) is 6.09. The summed E-state index contributed by atoms with van der Waals surface area (Å²) in [6, 6.07) is 35.0. The summed E-state index contributed by atoms with van der Waals surface area (Å²) in [6.45, 7) is 4.09. The topological polar surface area (TPSA) is 33.5 Å². The number of rotatable bonds is 5. The van der Waals surface area contributed by atoms with E-state index in [9.17, 15) is 0 Å². The first-order valence-electron chi connectivity index (χ1n) is 11.9. The minimum Gasteiger partial charge on any atom is -0.345 e. The van der Waals surface area contributed by atoms with Crippen molar-refractivity contribution in [2.24, 2.45) is 0 Å². The third-order valence-corrected chi connectivity index (χ3v) is 7.84. The molecule has 5 heteroatoms. The lowest BCUT2D eigenvalue weighted by Crippen LogP contribution is -3.15. The molecule has 0 atom stereocenters. The first kappa shape index (κ1) is 21.0. The Morgan fingerprint density at radius 2 is 1.32 bits per heavy atom. The second-order valence-corrected chi connectivity index (χ2v) is 9.82. The van der Waals surface area contributed by atoms with Crippen LogP contribution in [0.2, 0.25) is 0 Å². The van der Waals surface area contributed by atoms with Gasteiger partial charge in [0, 0.05) is 16.0 Å². The Bertz CT molecular complexity index is 1320. The molecule has 1 aliphatic heterocycles. The highest BCUT2D eigenvalue weighted by atomic mass is 32.1. The molecular weight excluding hydrogens is 436 g/mol. The van der Waals surface area contributed by atoms with Crippen molar-refractivity contribution in [2.75, 3.05) is 31.1 Å². The SMILES string of the molecule is c1ccc(-c2cc3c(N4CC[NH+](C(c5ccccc5)c5ccccc5)CC4)ncnc3s2)cc1. The smallest absolute Gasteiger partial charge is 0.141 e. The lowest BCUT2D eigenvalue weighted by Gasteiger charge is -2.37. The van der Waals surface area contributed by atoms with Gasteiger partial charge in [-0.3, -0.25) is 0 Å². The van der Waals surface area contributed by atoms with E-state index in [2.05, 4.69) is 107 Å². The van der Waals surface area contributed by atoms with E-state index in [0.29, 0.717) is 6.04 Å². The summed E-state index contributed by atoms with van der Waals surface area (Å²) in [5.41, 5.74) is 4.00. The number of nitrogens with one attached hydrogen (secondary N) is 1. The van der Waals surface area contributed by atoms with E-state index < -0.39 is 0 Å². The molecule has 2 aromatic heterocycles. The maximum absolute atomic E-state index is 4.74. The average Bonchev–Trinajstić information content (AvgIpc) is 3.36. The summed E-state index contributed by atoms with van der Waals surface area (Å²) in [4.78, 5) is 15.7. The number of hydrogen-bond acceptors (Lipinski definition) is 4. The van der Waals surface area contributed by atoms with Gasteiger partial charge in [-0.1, -0.05) is 91.0 Å². The van der Waals surface area contributed by atoms with Crippen LogP contribution in [0.25, 0.3) is 20.7 Å². The number of anilines is 1. The van der Waals surface area contributed by atoms with Crippen LogP contribution in [0.15, 0.2) is 103 Å². The molecule has 0 amide bonds. The maximum atomic E-state index is 4.74. The molecule has 0 spiro atoms. The Labute approximate surface area is 204 Å². The van der Waals surface area contributed by atoms with Crippen LogP contribution in [0.3, 0.4) is 0 Å². The monoisotopic (exact) mass is 463 g/mol. The van der Waals surface area contributed by atoms with Crippen molar-refractivity contribution in [3.05, 3.63) is 115 Å². The molecular formula is C29H27N4S+. The molecule has 1 fully saturated rings. The number of piperazine rings is 1. The highest BCUT2D eigenvalue weighted by molar-refractivity contribution is 7.21. The lowest BCUT2D eigenvalue weighted by molar-refractivity contribution is -0.926. The van der Waals surface area contributed by atoms with E-state index in [4.69, 9.17) is 4.98 Å². The predicted molar refractivity (Wildman–Crippen MR) is 140 cm³/mol. The zero-order valence-electron chi connectivity index (χ0n) is 19.0. The summed E-state index contributed by atoms with van der Waals surface area (Å²) in [7, 11) is 0. The van der Waals surface area contributed by atoms with Gasteiger partial charge in [-0.2, -0.15) is 0 Å². The number of thiophene rings is 1. The van der Waals surface area contributed by atoms with Crippen LogP contribution in [0, 0.1) is 0 Å². The van der Waals surface area contributed by atoms with E-state index in [1.807, 2.05) is 0 Å². The van der Waals surface area contributed by atoms with Gasteiger partial charge in [0.05, 0.1) is 31.6 Å². The summed E-state index contributed by atoms with van der Waals surface area (Å²) in [5, 5.41) is 1.16. The quantitative estimate of drug-likeness (QED) is 0.404. The van der Waals surface area contributed by atoms with Crippen LogP contribution in [-0.2, 0) is 0 Å². The average molecular weight is 464 g/mol. The summed E-state index contributed by atoms with van der Waals surface area (Å²) < 4.78 is 0. The molecule has 3 aromatic carbocycles. The molecule has 1 aliphatic rings. The number of quaternary nitrogens is 1. The number of fused-ring (bicyclic) bond motifs is 1. The first-order valence-corrected chi connectivity index (χ1v) is 12.7. The molecule has 1 saturated heterocycles. The minimum absolute atomic E-state index is 0.348.